The minimum atomic E-state index is -1.58. The number of rotatable bonds is 38. The van der Waals surface area contributed by atoms with Crippen LogP contribution in [0.4, 0.5) is 0 Å². The van der Waals surface area contributed by atoms with E-state index in [0.29, 0.717) is 12.8 Å². The molecule has 1 heterocycles. The van der Waals surface area contributed by atoms with E-state index in [-0.39, 0.29) is 12.5 Å². The highest BCUT2D eigenvalue weighted by Crippen LogP contribution is 2.22. The number of hydrogen-bond donors (Lipinski definition) is 6. The Bertz CT molecular complexity index is 1150. The topological polar surface area (TPSA) is 149 Å². The van der Waals surface area contributed by atoms with E-state index in [1.54, 1.807) is 6.08 Å². The van der Waals surface area contributed by atoms with Gasteiger partial charge in [0.05, 0.1) is 25.4 Å². The number of aliphatic hydroxyl groups is 5. The van der Waals surface area contributed by atoms with Crippen molar-refractivity contribution in [3.63, 3.8) is 0 Å². The standard InChI is InChI=1S/C50H87NO8/c1-3-5-7-9-11-13-15-17-19-21-22-24-26-28-30-32-34-36-38-40-46(54)51-43(42-58-50-49(57)48(56)47(55)45(41-52)59-50)44(53)39-37-35-33-31-29-27-25-23-20-18-16-14-12-10-8-6-4-2/h5,7,11,13,17,19,22,24,28,30,37,39,43-45,47-50,52-53,55-57H,3-4,6,8-10,12,14-16,18,20-21,23,25-27,29,31-36,38,40-42H2,1-2H3,(H,51,54)/b7-5-,13-11-,19-17-,24-22-,30-28-,39-37+. The average molecular weight is 830 g/mol. The van der Waals surface area contributed by atoms with Crippen molar-refractivity contribution in [2.45, 2.75) is 224 Å². The molecule has 1 fully saturated rings. The van der Waals surface area contributed by atoms with Crippen molar-refractivity contribution in [1.29, 1.82) is 0 Å². The third-order valence-corrected chi connectivity index (χ3v) is 10.8. The minimum Gasteiger partial charge on any atom is -0.394 e. The molecule has 0 aromatic heterocycles. The zero-order valence-electron chi connectivity index (χ0n) is 37.2. The third kappa shape index (κ3) is 30.3. The second-order valence-electron chi connectivity index (χ2n) is 16.2. The van der Waals surface area contributed by atoms with Gasteiger partial charge in [0.2, 0.25) is 5.91 Å². The summed E-state index contributed by atoms with van der Waals surface area (Å²) in [6, 6.07) is -0.825. The van der Waals surface area contributed by atoms with Crippen LogP contribution in [0.1, 0.15) is 181 Å². The molecule has 0 aromatic rings. The first-order valence-electron chi connectivity index (χ1n) is 23.7. The summed E-state index contributed by atoms with van der Waals surface area (Å²) in [5, 5.41) is 54.2. The van der Waals surface area contributed by atoms with E-state index in [1.165, 1.54) is 83.5 Å². The lowest BCUT2D eigenvalue weighted by Crippen LogP contribution is -2.60. The summed E-state index contributed by atoms with van der Waals surface area (Å²) in [6.07, 6.45) is 46.5. The summed E-state index contributed by atoms with van der Waals surface area (Å²) in [4.78, 5) is 13.0. The highest BCUT2D eigenvalue weighted by molar-refractivity contribution is 5.76. The quantitative estimate of drug-likeness (QED) is 0.0266. The lowest BCUT2D eigenvalue weighted by Gasteiger charge is -2.40. The maximum atomic E-state index is 13.0. The Labute approximate surface area is 359 Å². The molecule has 1 saturated heterocycles. The molecule has 7 unspecified atom stereocenters. The van der Waals surface area contributed by atoms with Crippen LogP contribution in [0.25, 0.3) is 0 Å². The minimum absolute atomic E-state index is 0.205. The van der Waals surface area contributed by atoms with Gasteiger partial charge in [0.15, 0.2) is 6.29 Å². The molecule has 1 rings (SSSR count). The largest absolute Gasteiger partial charge is 0.394 e. The fourth-order valence-corrected chi connectivity index (χ4v) is 7.00. The van der Waals surface area contributed by atoms with Crippen molar-refractivity contribution in [2.24, 2.45) is 0 Å². The van der Waals surface area contributed by atoms with Crippen molar-refractivity contribution < 1.29 is 39.8 Å². The van der Waals surface area contributed by atoms with Gasteiger partial charge in [-0.25, -0.2) is 0 Å². The SMILES string of the molecule is CC/C=C\C/C=C\C/C=C\C/C=C\C/C=C\CCCCCC(=O)NC(COC1OC(CO)C(O)C(O)C1O)C(O)/C=C/CCCCCCCCCCCCCCCCC. The maximum Gasteiger partial charge on any atom is 0.220 e. The number of allylic oxidation sites excluding steroid dienone is 11. The number of unbranched alkanes of at least 4 members (excludes halogenated alkanes) is 18. The van der Waals surface area contributed by atoms with Crippen molar-refractivity contribution in [3.05, 3.63) is 72.9 Å². The summed E-state index contributed by atoms with van der Waals surface area (Å²) in [5.41, 5.74) is 0. The molecule has 0 bridgehead atoms. The molecule has 9 heteroatoms. The molecular formula is C50H87NO8. The fourth-order valence-electron chi connectivity index (χ4n) is 7.00. The maximum absolute atomic E-state index is 13.0. The van der Waals surface area contributed by atoms with Gasteiger partial charge in [-0.1, -0.05) is 183 Å². The second-order valence-corrected chi connectivity index (χ2v) is 16.2. The van der Waals surface area contributed by atoms with Crippen molar-refractivity contribution >= 4 is 5.91 Å². The number of amides is 1. The first-order valence-corrected chi connectivity index (χ1v) is 23.7. The molecule has 9 nitrogen and oxygen atoms in total. The Hall–Kier alpha value is -2.37. The van der Waals surface area contributed by atoms with Gasteiger partial charge >= 0.3 is 0 Å². The van der Waals surface area contributed by atoms with Gasteiger partial charge < -0.3 is 40.3 Å². The lowest BCUT2D eigenvalue weighted by atomic mass is 9.99. The zero-order valence-corrected chi connectivity index (χ0v) is 37.2. The van der Waals surface area contributed by atoms with Crippen molar-refractivity contribution in [1.82, 2.24) is 5.32 Å². The van der Waals surface area contributed by atoms with Crippen LogP contribution in [0, 0.1) is 0 Å². The molecule has 1 aliphatic heterocycles. The molecule has 6 N–H and O–H groups in total. The van der Waals surface area contributed by atoms with Gasteiger partial charge in [-0.15, -0.1) is 0 Å². The van der Waals surface area contributed by atoms with E-state index in [4.69, 9.17) is 9.47 Å². The van der Waals surface area contributed by atoms with Gasteiger partial charge in [0, 0.05) is 6.42 Å². The lowest BCUT2D eigenvalue weighted by molar-refractivity contribution is -0.302. The summed E-state index contributed by atoms with van der Waals surface area (Å²) >= 11 is 0. The molecule has 0 aliphatic carbocycles. The van der Waals surface area contributed by atoms with E-state index < -0.39 is 49.5 Å². The molecule has 0 aromatic carbocycles. The number of carbonyl (C=O) groups is 1. The molecule has 0 saturated carbocycles. The summed E-state index contributed by atoms with van der Waals surface area (Å²) in [6.45, 7) is 3.63. The van der Waals surface area contributed by atoms with E-state index in [9.17, 15) is 30.3 Å². The molecule has 0 spiro atoms. The summed E-state index contributed by atoms with van der Waals surface area (Å²) in [7, 11) is 0. The number of carbonyl (C=O) groups excluding carboxylic acids is 1. The Kier molecular flexibility index (Phi) is 36.8. The third-order valence-electron chi connectivity index (χ3n) is 10.8. The number of nitrogens with one attached hydrogen (secondary N) is 1. The van der Waals surface area contributed by atoms with Gasteiger partial charge in [0.25, 0.3) is 0 Å². The van der Waals surface area contributed by atoms with E-state index in [1.807, 2.05) is 6.08 Å². The Balaban J connectivity index is 2.39. The summed E-state index contributed by atoms with van der Waals surface area (Å²) < 4.78 is 11.2. The first-order chi connectivity index (χ1) is 28.8. The second kappa shape index (κ2) is 39.7. The van der Waals surface area contributed by atoms with Crippen LogP contribution in [0.15, 0.2) is 72.9 Å². The van der Waals surface area contributed by atoms with Crippen LogP contribution >= 0.6 is 0 Å². The van der Waals surface area contributed by atoms with E-state index in [0.717, 1.165) is 70.6 Å². The number of hydrogen-bond acceptors (Lipinski definition) is 8. The molecule has 340 valence electrons. The fraction of sp³-hybridized carbons (Fsp3) is 0.740. The molecule has 59 heavy (non-hydrogen) atoms. The Morgan fingerprint density at radius 2 is 1.05 bits per heavy atom. The number of aliphatic hydroxyl groups excluding tert-OH is 5. The number of ether oxygens (including phenoxy) is 2. The molecular weight excluding hydrogens is 743 g/mol. The predicted octanol–water partition coefficient (Wildman–Crippen LogP) is 10.2. The van der Waals surface area contributed by atoms with Gasteiger partial charge in [-0.3, -0.25) is 4.79 Å². The smallest absolute Gasteiger partial charge is 0.220 e. The molecule has 0 radical (unpaired) electrons. The average Bonchev–Trinajstić information content (AvgIpc) is 3.23. The van der Waals surface area contributed by atoms with Crippen LogP contribution in [0.5, 0.6) is 0 Å². The van der Waals surface area contributed by atoms with Gasteiger partial charge in [-0.05, 0) is 64.2 Å². The normalized spacial score (nSPS) is 21.4. The van der Waals surface area contributed by atoms with Crippen LogP contribution < -0.4 is 5.32 Å². The highest BCUT2D eigenvalue weighted by Gasteiger charge is 2.44. The van der Waals surface area contributed by atoms with Crippen LogP contribution in [0.3, 0.4) is 0 Å². The first kappa shape index (κ1) is 54.6. The van der Waals surface area contributed by atoms with Crippen LogP contribution in [-0.2, 0) is 14.3 Å². The van der Waals surface area contributed by atoms with Crippen LogP contribution in [0.2, 0.25) is 0 Å². The molecule has 1 aliphatic rings. The highest BCUT2D eigenvalue weighted by atomic mass is 16.7. The molecule has 7 atom stereocenters. The Morgan fingerprint density at radius 1 is 0.593 bits per heavy atom. The molecule has 1 amide bonds. The predicted molar refractivity (Wildman–Crippen MR) is 244 cm³/mol. The van der Waals surface area contributed by atoms with E-state index >= 15 is 0 Å². The van der Waals surface area contributed by atoms with Crippen molar-refractivity contribution in [3.8, 4) is 0 Å². The zero-order chi connectivity index (χ0) is 43.0. The van der Waals surface area contributed by atoms with Crippen LogP contribution in [-0.4, -0.2) is 87.5 Å². The van der Waals surface area contributed by atoms with E-state index in [2.05, 4.69) is 79.9 Å². The Morgan fingerprint density at radius 3 is 1.56 bits per heavy atom. The van der Waals surface area contributed by atoms with Crippen molar-refractivity contribution in [2.75, 3.05) is 13.2 Å². The summed E-state index contributed by atoms with van der Waals surface area (Å²) in [5.74, 6) is -0.211. The van der Waals surface area contributed by atoms with Gasteiger partial charge in [-0.2, -0.15) is 0 Å². The monoisotopic (exact) mass is 830 g/mol. The van der Waals surface area contributed by atoms with Gasteiger partial charge in [0.1, 0.15) is 24.4 Å².